The number of pyridine rings is 1. The van der Waals surface area contributed by atoms with E-state index in [9.17, 15) is 0 Å². The molecular formula is C14H21N5. The molecule has 0 aromatic carbocycles. The Morgan fingerprint density at radius 2 is 1.95 bits per heavy atom. The van der Waals surface area contributed by atoms with Crippen molar-refractivity contribution in [2.24, 2.45) is 4.99 Å². The molecule has 5 heteroatoms. The van der Waals surface area contributed by atoms with Crippen LogP contribution >= 0.6 is 0 Å². The van der Waals surface area contributed by atoms with Crippen molar-refractivity contribution in [3.05, 3.63) is 36.3 Å². The van der Waals surface area contributed by atoms with E-state index in [0.717, 1.165) is 30.3 Å². The van der Waals surface area contributed by atoms with E-state index in [4.69, 9.17) is 0 Å². The van der Waals surface area contributed by atoms with Gasteiger partial charge in [-0.1, -0.05) is 6.07 Å². The van der Waals surface area contributed by atoms with E-state index in [1.165, 1.54) is 0 Å². The monoisotopic (exact) mass is 259 g/mol. The summed E-state index contributed by atoms with van der Waals surface area (Å²) < 4.78 is 2.04. The Kier molecular flexibility index (Phi) is 4.04. The second-order valence-corrected chi connectivity index (χ2v) is 4.92. The maximum atomic E-state index is 4.61. The van der Waals surface area contributed by atoms with Gasteiger partial charge in [-0.3, -0.25) is 4.99 Å². The van der Waals surface area contributed by atoms with Gasteiger partial charge in [-0.25, -0.2) is 4.98 Å². The minimum atomic E-state index is 0.746. The van der Waals surface area contributed by atoms with Gasteiger partial charge in [0.25, 0.3) is 0 Å². The number of rotatable bonds is 3. The van der Waals surface area contributed by atoms with Crippen molar-refractivity contribution < 1.29 is 0 Å². The SMILES string of the molecule is CN(C)C(=NCCc1cn2ccccc2n1)N(C)C. The number of aromatic nitrogens is 2. The normalized spacial score (nSPS) is 10.5. The predicted octanol–water partition coefficient (Wildman–Crippen LogP) is 1.36. The molecule has 5 nitrogen and oxygen atoms in total. The van der Waals surface area contributed by atoms with E-state index in [1.807, 2.05) is 66.8 Å². The van der Waals surface area contributed by atoms with Crippen molar-refractivity contribution in [3.63, 3.8) is 0 Å². The number of aliphatic imine (C=N–C) groups is 1. The van der Waals surface area contributed by atoms with E-state index in [1.54, 1.807) is 0 Å². The van der Waals surface area contributed by atoms with Gasteiger partial charge in [0.15, 0.2) is 5.96 Å². The van der Waals surface area contributed by atoms with Crippen LogP contribution < -0.4 is 0 Å². The topological polar surface area (TPSA) is 36.1 Å². The highest BCUT2D eigenvalue weighted by molar-refractivity contribution is 5.79. The van der Waals surface area contributed by atoms with Crippen molar-refractivity contribution >= 4 is 11.6 Å². The van der Waals surface area contributed by atoms with E-state index >= 15 is 0 Å². The highest BCUT2D eigenvalue weighted by atomic mass is 15.3. The van der Waals surface area contributed by atoms with Gasteiger partial charge in [-0.2, -0.15) is 0 Å². The number of hydrogen-bond acceptors (Lipinski definition) is 2. The van der Waals surface area contributed by atoms with Gasteiger partial charge >= 0.3 is 0 Å². The van der Waals surface area contributed by atoms with E-state index in [2.05, 4.69) is 16.2 Å². The molecule has 0 unspecified atom stereocenters. The molecule has 2 rings (SSSR count). The van der Waals surface area contributed by atoms with E-state index in [-0.39, 0.29) is 0 Å². The molecule has 0 bridgehead atoms. The van der Waals surface area contributed by atoms with Crippen LogP contribution in [-0.4, -0.2) is 59.9 Å². The van der Waals surface area contributed by atoms with Crippen molar-refractivity contribution in [2.75, 3.05) is 34.7 Å². The maximum Gasteiger partial charge on any atom is 0.195 e. The van der Waals surface area contributed by atoms with Crippen LogP contribution in [0.25, 0.3) is 5.65 Å². The van der Waals surface area contributed by atoms with Crippen LogP contribution in [0.5, 0.6) is 0 Å². The predicted molar refractivity (Wildman–Crippen MR) is 78.6 cm³/mol. The molecule has 0 saturated heterocycles. The molecule has 2 aromatic rings. The number of nitrogens with zero attached hydrogens (tertiary/aromatic N) is 5. The third kappa shape index (κ3) is 3.24. The molecule has 2 heterocycles. The van der Waals surface area contributed by atoms with Gasteiger partial charge in [0.2, 0.25) is 0 Å². The molecule has 0 fully saturated rings. The fourth-order valence-electron chi connectivity index (χ4n) is 2.06. The summed E-state index contributed by atoms with van der Waals surface area (Å²) >= 11 is 0. The molecule has 0 atom stereocenters. The lowest BCUT2D eigenvalue weighted by molar-refractivity contribution is 0.479. The summed E-state index contributed by atoms with van der Waals surface area (Å²) in [6.45, 7) is 0.746. The van der Waals surface area contributed by atoms with Gasteiger partial charge < -0.3 is 14.2 Å². The van der Waals surface area contributed by atoms with E-state index < -0.39 is 0 Å². The first-order valence-electron chi connectivity index (χ1n) is 6.39. The largest absolute Gasteiger partial charge is 0.349 e. The van der Waals surface area contributed by atoms with Gasteiger partial charge in [0, 0.05) is 53.5 Å². The fourth-order valence-corrected chi connectivity index (χ4v) is 2.06. The Morgan fingerprint density at radius 1 is 1.21 bits per heavy atom. The van der Waals surface area contributed by atoms with Crippen molar-refractivity contribution in [1.29, 1.82) is 0 Å². The zero-order valence-corrected chi connectivity index (χ0v) is 12.0. The molecule has 2 aromatic heterocycles. The summed E-state index contributed by atoms with van der Waals surface area (Å²) in [5.41, 5.74) is 2.06. The minimum absolute atomic E-state index is 0.746. The average Bonchev–Trinajstić information content (AvgIpc) is 2.76. The first kappa shape index (κ1) is 13.4. The van der Waals surface area contributed by atoms with Crippen LogP contribution in [0.15, 0.2) is 35.6 Å². The molecule has 0 saturated carbocycles. The van der Waals surface area contributed by atoms with Gasteiger partial charge in [0.05, 0.1) is 5.69 Å². The lowest BCUT2D eigenvalue weighted by Crippen LogP contribution is -2.35. The molecule has 0 aliphatic rings. The van der Waals surface area contributed by atoms with Crippen molar-refractivity contribution in [1.82, 2.24) is 19.2 Å². The lowest BCUT2D eigenvalue weighted by atomic mass is 10.3. The Labute approximate surface area is 114 Å². The Hall–Kier alpha value is -2.04. The first-order valence-corrected chi connectivity index (χ1v) is 6.39. The zero-order chi connectivity index (χ0) is 13.8. The second kappa shape index (κ2) is 5.73. The van der Waals surface area contributed by atoms with Crippen LogP contribution in [0, 0.1) is 0 Å². The smallest absolute Gasteiger partial charge is 0.195 e. The Morgan fingerprint density at radius 3 is 2.58 bits per heavy atom. The van der Waals surface area contributed by atoms with Gasteiger partial charge in [-0.15, -0.1) is 0 Å². The Bertz CT molecular complexity index is 525. The van der Waals surface area contributed by atoms with Crippen molar-refractivity contribution in [2.45, 2.75) is 6.42 Å². The molecule has 0 spiro atoms. The van der Waals surface area contributed by atoms with Crippen LogP contribution in [-0.2, 0) is 6.42 Å². The highest BCUT2D eigenvalue weighted by Crippen LogP contribution is 2.05. The summed E-state index contributed by atoms with van der Waals surface area (Å²) in [5.74, 6) is 0.976. The summed E-state index contributed by atoms with van der Waals surface area (Å²) in [6.07, 6.45) is 4.93. The zero-order valence-electron chi connectivity index (χ0n) is 12.0. The molecule has 0 aliphatic heterocycles. The van der Waals surface area contributed by atoms with E-state index in [0.29, 0.717) is 0 Å². The summed E-state index contributed by atoms with van der Waals surface area (Å²) in [6, 6.07) is 6.02. The molecule has 102 valence electrons. The lowest BCUT2D eigenvalue weighted by Gasteiger charge is -2.22. The third-order valence-corrected chi connectivity index (χ3v) is 2.84. The highest BCUT2D eigenvalue weighted by Gasteiger charge is 2.04. The fraction of sp³-hybridized carbons (Fsp3) is 0.429. The van der Waals surface area contributed by atoms with Crippen molar-refractivity contribution in [3.8, 4) is 0 Å². The Balaban J connectivity index is 2.04. The standard InChI is InChI=1S/C14H21N5/c1-17(2)14(18(3)4)15-9-8-12-11-19-10-6-5-7-13(19)16-12/h5-7,10-11H,8-9H2,1-4H3. The molecule has 19 heavy (non-hydrogen) atoms. The number of hydrogen-bond donors (Lipinski definition) is 0. The number of fused-ring (bicyclic) bond motifs is 1. The van der Waals surface area contributed by atoms with Crippen LogP contribution in [0.3, 0.4) is 0 Å². The number of imidazole rings is 1. The average molecular weight is 259 g/mol. The minimum Gasteiger partial charge on any atom is -0.349 e. The van der Waals surface area contributed by atoms with Crippen LogP contribution in [0.2, 0.25) is 0 Å². The third-order valence-electron chi connectivity index (χ3n) is 2.84. The second-order valence-electron chi connectivity index (χ2n) is 4.92. The maximum absolute atomic E-state index is 4.61. The summed E-state index contributed by atoms with van der Waals surface area (Å²) in [5, 5.41) is 0. The number of guanidine groups is 1. The molecule has 0 aliphatic carbocycles. The molecular weight excluding hydrogens is 238 g/mol. The molecule has 0 amide bonds. The molecule has 0 radical (unpaired) electrons. The molecule has 0 N–H and O–H groups in total. The van der Waals surface area contributed by atoms with Gasteiger partial charge in [0.1, 0.15) is 5.65 Å². The first-order chi connectivity index (χ1) is 9.08. The van der Waals surface area contributed by atoms with Gasteiger partial charge in [-0.05, 0) is 12.1 Å². The summed E-state index contributed by atoms with van der Waals surface area (Å²) in [4.78, 5) is 13.2. The quantitative estimate of drug-likeness (QED) is 0.617. The van der Waals surface area contributed by atoms with Crippen LogP contribution in [0.4, 0.5) is 0 Å². The summed E-state index contributed by atoms with van der Waals surface area (Å²) in [7, 11) is 8.01. The van der Waals surface area contributed by atoms with Crippen LogP contribution in [0.1, 0.15) is 5.69 Å².